The van der Waals surface area contributed by atoms with Crippen molar-refractivity contribution in [1.82, 2.24) is 4.90 Å². The lowest BCUT2D eigenvalue weighted by molar-refractivity contribution is -0.144. The van der Waals surface area contributed by atoms with E-state index in [9.17, 15) is 14.3 Å². The number of nitrogens with zero attached hydrogens (tertiary/aromatic N) is 1. The molecule has 1 aromatic rings. The van der Waals surface area contributed by atoms with Crippen LogP contribution in [0, 0.1) is 11.7 Å². The van der Waals surface area contributed by atoms with Gasteiger partial charge in [0.2, 0.25) is 0 Å². The summed E-state index contributed by atoms with van der Waals surface area (Å²) in [6.07, 6.45) is 3.50. The molecule has 0 aromatic heterocycles. The van der Waals surface area contributed by atoms with Crippen LogP contribution in [0.25, 0.3) is 0 Å². The summed E-state index contributed by atoms with van der Waals surface area (Å²) < 4.78 is 13.2. The lowest BCUT2D eigenvalue weighted by Gasteiger charge is -2.35. The van der Waals surface area contributed by atoms with E-state index in [4.69, 9.17) is 0 Å². The summed E-state index contributed by atoms with van der Waals surface area (Å²) in [4.78, 5) is 13.2. The van der Waals surface area contributed by atoms with Gasteiger partial charge in [-0.05, 0) is 62.4 Å². The quantitative estimate of drug-likeness (QED) is 0.905. The van der Waals surface area contributed by atoms with Crippen molar-refractivity contribution in [2.75, 3.05) is 13.1 Å². The van der Waals surface area contributed by atoms with Crippen molar-refractivity contribution in [3.8, 4) is 0 Å². The summed E-state index contributed by atoms with van der Waals surface area (Å²) >= 11 is 0. The van der Waals surface area contributed by atoms with Crippen LogP contribution in [0.5, 0.6) is 0 Å². The van der Waals surface area contributed by atoms with E-state index >= 15 is 0 Å². The van der Waals surface area contributed by atoms with Gasteiger partial charge < -0.3 is 5.11 Å². The predicted octanol–water partition coefficient (Wildman–Crippen LogP) is 3.37. The van der Waals surface area contributed by atoms with Gasteiger partial charge in [0.25, 0.3) is 0 Å². The van der Waals surface area contributed by atoms with Crippen molar-refractivity contribution < 1.29 is 14.3 Å². The maximum Gasteiger partial charge on any atom is 0.320 e. The number of carboxylic acid groups (broad SMARTS) is 1. The van der Waals surface area contributed by atoms with Crippen LogP contribution in [0.15, 0.2) is 24.3 Å². The molecule has 0 aliphatic carbocycles. The van der Waals surface area contributed by atoms with Gasteiger partial charge in [0.15, 0.2) is 0 Å². The number of hydrogen-bond acceptors (Lipinski definition) is 2. The molecule has 1 aromatic carbocycles. The lowest BCUT2D eigenvalue weighted by atomic mass is 9.89. The predicted molar refractivity (Wildman–Crippen MR) is 83.4 cm³/mol. The second-order valence-electron chi connectivity index (χ2n) is 5.58. The SMILES string of the molecule is CCC(C(=O)O)N1CCC(Cc2cccc(F)c2)CC1.Cl. The van der Waals surface area contributed by atoms with Gasteiger partial charge in [0.1, 0.15) is 11.9 Å². The first kappa shape index (κ1) is 17.9. The molecule has 0 radical (unpaired) electrons. The minimum atomic E-state index is -0.726. The van der Waals surface area contributed by atoms with E-state index in [1.165, 1.54) is 6.07 Å². The van der Waals surface area contributed by atoms with Crippen LogP contribution >= 0.6 is 12.4 Å². The molecule has 1 unspecified atom stereocenters. The van der Waals surface area contributed by atoms with Gasteiger partial charge in [0, 0.05) is 0 Å². The Kier molecular flexibility index (Phi) is 7.12. The Balaban J connectivity index is 0.00000220. The molecular formula is C16H23ClFNO2. The molecule has 1 atom stereocenters. The number of benzene rings is 1. The van der Waals surface area contributed by atoms with Crippen molar-refractivity contribution in [1.29, 1.82) is 0 Å². The maximum absolute atomic E-state index is 13.2. The van der Waals surface area contributed by atoms with E-state index in [-0.39, 0.29) is 24.3 Å². The largest absolute Gasteiger partial charge is 0.480 e. The number of aliphatic carboxylic acids is 1. The number of hydrogen-bond donors (Lipinski definition) is 1. The number of piperidine rings is 1. The second kappa shape index (κ2) is 8.35. The van der Waals surface area contributed by atoms with Crippen molar-refractivity contribution in [3.63, 3.8) is 0 Å². The standard InChI is InChI=1S/C16H22FNO2.ClH/c1-2-15(16(19)20)18-8-6-12(7-9-18)10-13-4-3-5-14(17)11-13;/h3-5,11-12,15H,2,6-10H2,1H3,(H,19,20);1H. The van der Waals surface area contributed by atoms with Crippen LogP contribution in [0.3, 0.4) is 0 Å². The van der Waals surface area contributed by atoms with Gasteiger partial charge >= 0.3 is 5.97 Å². The molecule has 0 spiro atoms. The number of carbonyl (C=O) groups is 1. The number of halogens is 2. The molecule has 118 valence electrons. The molecular weight excluding hydrogens is 293 g/mol. The highest BCUT2D eigenvalue weighted by atomic mass is 35.5. The fraction of sp³-hybridized carbons (Fsp3) is 0.562. The Bertz CT molecular complexity index is 461. The zero-order valence-electron chi connectivity index (χ0n) is 12.3. The van der Waals surface area contributed by atoms with Gasteiger partial charge in [-0.2, -0.15) is 0 Å². The van der Waals surface area contributed by atoms with Gasteiger partial charge in [-0.25, -0.2) is 4.39 Å². The molecule has 1 N–H and O–H groups in total. The van der Waals surface area contributed by atoms with Gasteiger partial charge in [-0.1, -0.05) is 19.1 Å². The van der Waals surface area contributed by atoms with Crippen molar-refractivity contribution >= 4 is 18.4 Å². The van der Waals surface area contributed by atoms with Crippen LogP contribution < -0.4 is 0 Å². The van der Waals surface area contributed by atoms with Gasteiger partial charge in [-0.3, -0.25) is 9.69 Å². The molecule has 1 saturated heterocycles. The Labute approximate surface area is 131 Å². The van der Waals surface area contributed by atoms with Crippen molar-refractivity contribution in [3.05, 3.63) is 35.6 Å². The Hall–Kier alpha value is -1.13. The Morgan fingerprint density at radius 3 is 2.62 bits per heavy atom. The van der Waals surface area contributed by atoms with Crippen molar-refractivity contribution in [2.45, 2.75) is 38.6 Å². The fourth-order valence-corrected chi connectivity index (χ4v) is 3.06. The molecule has 1 aliphatic rings. The molecule has 21 heavy (non-hydrogen) atoms. The highest BCUT2D eigenvalue weighted by Crippen LogP contribution is 2.24. The topological polar surface area (TPSA) is 40.5 Å². The highest BCUT2D eigenvalue weighted by molar-refractivity contribution is 5.85. The van der Waals surface area contributed by atoms with E-state index in [1.54, 1.807) is 12.1 Å². The van der Waals surface area contributed by atoms with Gasteiger partial charge in [0.05, 0.1) is 0 Å². The van der Waals surface area contributed by atoms with Crippen LogP contribution in [0.2, 0.25) is 0 Å². The first-order valence-corrected chi connectivity index (χ1v) is 7.31. The molecule has 1 fully saturated rings. The average Bonchev–Trinajstić information content (AvgIpc) is 2.41. The molecule has 5 heteroatoms. The number of rotatable bonds is 5. The number of carboxylic acids is 1. The molecule has 2 rings (SSSR count). The van der Waals surface area contributed by atoms with Crippen LogP contribution in [-0.2, 0) is 11.2 Å². The van der Waals surface area contributed by atoms with E-state index in [0.717, 1.165) is 37.9 Å². The Morgan fingerprint density at radius 2 is 2.10 bits per heavy atom. The summed E-state index contributed by atoms with van der Waals surface area (Å²) in [6, 6.07) is 6.41. The summed E-state index contributed by atoms with van der Waals surface area (Å²) in [5.41, 5.74) is 1.04. The van der Waals surface area contributed by atoms with E-state index in [2.05, 4.69) is 4.90 Å². The second-order valence-corrected chi connectivity index (χ2v) is 5.58. The minimum Gasteiger partial charge on any atom is -0.480 e. The third kappa shape index (κ3) is 4.97. The molecule has 0 bridgehead atoms. The third-order valence-electron chi connectivity index (χ3n) is 4.18. The highest BCUT2D eigenvalue weighted by Gasteiger charge is 2.28. The summed E-state index contributed by atoms with van der Waals surface area (Å²) in [7, 11) is 0. The van der Waals surface area contributed by atoms with Crippen LogP contribution in [0.4, 0.5) is 4.39 Å². The smallest absolute Gasteiger partial charge is 0.320 e. The molecule has 1 heterocycles. The first-order chi connectivity index (χ1) is 9.60. The molecule has 0 saturated carbocycles. The number of likely N-dealkylation sites (tertiary alicyclic amines) is 1. The zero-order chi connectivity index (χ0) is 14.5. The van der Waals surface area contributed by atoms with Gasteiger partial charge in [-0.15, -0.1) is 12.4 Å². The summed E-state index contributed by atoms with van der Waals surface area (Å²) in [5.74, 6) is -0.382. The normalized spacial score (nSPS) is 18.0. The third-order valence-corrected chi connectivity index (χ3v) is 4.18. The van der Waals surface area contributed by atoms with E-state index in [1.807, 2.05) is 13.0 Å². The summed E-state index contributed by atoms with van der Waals surface area (Å²) in [6.45, 7) is 3.56. The molecule has 0 amide bonds. The van der Waals surface area contributed by atoms with Crippen LogP contribution in [0.1, 0.15) is 31.7 Å². The van der Waals surface area contributed by atoms with Crippen molar-refractivity contribution in [2.24, 2.45) is 5.92 Å². The minimum absolute atomic E-state index is 0. The Morgan fingerprint density at radius 1 is 1.43 bits per heavy atom. The summed E-state index contributed by atoms with van der Waals surface area (Å²) in [5, 5.41) is 9.17. The zero-order valence-corrected chi connectivity index (χ0v) is 13.1. The fourth-order valence-electron chi connectivity index (χ4n) is 3.06. The molecule has 3 nitrogen and oxygen atoms in total. The van der Waals surface area contributed by atoms with Crippen LogP contribution in [-0.4, -0.2) is 35.1 Å². The maximum atomic E-state index is 13.2. The van der Waals surface area contributed by atoms with E-state index < -0.39 is 5.97 Å². The average molecular weight is 316 g/mol. The first-order valence-electron chi connectivity index (χ1n) is 7.31. The van der Waals surface area contributed by atoms with E-state index in [0.29, 0.717) is 12.3 Å². The monoisotopic (exact) mass is 315 g/mol. The molecule has 1 aliphatic heterocycles. The lowest BCUT2D eigenvalue weighted by Crippen LogP contribution is -2.45.